The Morgan fingerprint density at radius 3 is 2.26 bits per heavy atom. The van der Waals surface area contributed by atoms with Crippen molar-refractivity contribution >= 4 is 28.7 Å². The number of amides is 3. The van der Waals surface area contributed by atoms with Crippen LogP contribution in [-0.2, 0) is 22.7 Å². The smallest absolute Gasteiger partial charge is 0.410 e. The van der Waals surface area contributed by atoms with E-state index in [2.05, 4.69) is 10.2 Å². The fourth-order valence-corrected chi connectivity index (χ4v) is 5.86. The summed E-state index contributed by atoms with van der Waals surface area (Å²) in [6.45, 7) is 2.90. The maximum absolute atomic E-state index is 13.8. The summed E-state index contributed by atoms with van der Waals surface area (Å²) in [7, 11) is 0. The molecule has 3 heterocycles. The second kappa shape index (κ2) is 13.8. The molecule has 1 aromatic heterocycles. The fourth-order valence-electron chi connectivity index (χ4n) is 5.86. The summed E-state index contributed by atoms with van der Waals surface area (Å²) >= 11 is 0. The Kier molecular flexibility index (Phi) is 9.23. The molecular formula is C34H34FN5O6. The molecule has 0 spiro atoms. The highest BCUT2D eigenvalue weighted by atomic mass is 19.1. The summed E-state index contributed by atoms with van der Waals surface area (Å²) in [6, 6.07) is 20.3. The van der Waals surface area contributed by atoms with Gasteiger partial charge in [0.25, 0.3) is 11.5 Å². The lowest BCUT2D eigenvalue weighted by atomic mass is 9.95. The average molecular weight is 628 g/mol. The van der Waals surface area contributed by atoms with Crippen molar-refractivity contribution < 1.29 is 28.2 Å². The second-order valence-electron chi connectivity index (χ2n) is 11.5. The first-order chi connectivity index (χ1) is 22.4. The van der Waals surface area contributed by atoms with Gasteiger partial charge in [0.1, 0.15) is 19.0 Å². The summed E-state index contributed by atoms with van der Waals surface area (Å²) in [5, 5.41) is 6.80. The molecule has 238 valence electrons. The van der Waals surface area contributed by atoms with Crippen LogP contribution in [0.3, 0.4) is 0 Å². The van der Waals surface area contributed by atoms with Gasteiger partial charge >= 0.3 is 6.09 Å². The molecule has 0 saturated carbocycles. The van der Waals surface area contributed by atoms with E-state index in [9.17, 15) is 23.6 Å². The van der Waals surface area contributed by atoms with Crippen LogP contribution in [0.5, 0.6) is 5.88 Å². The molecule has 6 rings (SSSR count). The van der Waals surface area contributed by atoms with Gasteiger partial charge in [-0.25, -0.2) is 14.3 Å². The number of rotatable bonds is 7. The van der Waals surface area contributed by atoms with E-state index in [1.807, 2.05) is 35.2 Å². The summed E-state index contributed by atoms with van der Waals surface area (Å²) in [5.41, 5.74) is 1.66. The van der Waals surface area contributed by atoms with Crippen LogP contribution in [0, 0.1) is 11.7 Å². The molecule has 2 aliphatic heterocycles. The number of nitrogens with zero attached hydrogens (tertiary/aromatic N) is 4. The van der Waals surface area contributed by atoms with Crippen molar-refractivity contribution in [1.82, 2.24) is 24.9 Å². The summed E-state index contributed by atoms with van der Waals surface area (Å²) < 4.78 is 25.1. The number of piperidine rings is 1. The van der Waals surface area contributed by atoms with E-state index in [0.717, 1.165) is 5.56 Å². The highest BCUT2D eigenvalue weighted by molar-refractivity contribution is 5.94. The van der Waals surface area contributed by atoms with Crippen LogP contribution >= 0.6 is 0 Å². The zero-order valence-electron chi connectivity index (χ0n) is 25.2. The number of hydrogen-bond donors (Lipinski definition) is 1. The number of carbonyl (C=O) groups excluding carboxylic acids is 3. The number of nitrogens with one attached hydrogen (secondary N) is 1. The Hall–Kier alpha value is -5.26. The van der Waals surface area contributed by atoms with Crippen LogP contribution in [0.25, 0.3) is 10.8 Å². The number of carbonyl (C=O) groups is 3. The second-order valence-corrected chi connectivity index (χ2v) is 11.5. The first-order valence-electron chi connectivity index (χ1n) is 15.3. The van der Waals surface area contributed by atoms with E-state index in [4.69, 9.17) is 9.47 Å². The minimum absolute atomic E-state index is 0.0532. The molecule has 11 nitrogen and oxygen atoms in total. The van der Waals surface area contributed by atoms with E-state index in [0.29, 0.717) is 63.2 Å². The standard InChI is InChI=1S/C34H34FN5O6/c35-27-9-10-28-29(20-27)31(37-36-30(28)41)45-22-24-7-4-8-26(19-24)33(43)39-17-15-38(16-18-39)32(42)25-11-13-40(14-12-25)34(44)46-21-23-5-2-1-3-6-23/h1-10,19-20,25H,11-18,21-22H2,(H,36,41). The lowest BCUT2D eigenvalue weighted by molar-refractivity contribution is -0.138. The van der Waals surface area contributed by atoms with Crippen LogP contribution < -0.4 is 10.3 Å². The zero-order chi connectivity index (χ0) is 32.0. The quantitative estimate of drug-likeness (QED) is 0.329. The van der Waals surface area contributed by atoms with E-state index in [1.165, 1.54) is 18.2 Å². The number of likely N-dealkylation sites (tertiary alicyclic amines) is 1. The molecule has 3 aromatic carbocycles. The van der Waals surface area contributed by atoms with Gasteiger partial charge in [0.2, 0.25) is 11.8 Å². The number of benzene rings is 3. The third kappa shape index (κ3) is 7.01. The maximum atomic E-state index is 13.8. The van der Waals surface area contributed by atoms with Crippen molar-refractivity contribution in [3.63, 3.8) is 0 Å². The molecule has 2 saturated heterocycles. The number of aromatic nitrogens is 2. The summed E-state index contributed by atoms with van der Waals surface area (Å²) in [6.07, 6.45) is 0.786. The fraction of sp³-hybridized carbons (Fsp3) is 0.324. The molecule has 2 aliphatic rings. The van der Waals surface area contributed by atoms with Gasteiger partial charge in [-0.2, -0.15) is 0 Å². The zero-order valence-corrected chi connectivity index (χ0v) is 25.2. The maximum Gasteiger partial charge on any atom is 0.410 e. The molecule has 12 heteroatoms. The molecule has 1 N–H and O–H groups in total. The number of halogens is 1. The molecule has 4 aromatic rings. The molecule has 3 amide bonds. The summed E-state index contributed by atoms with van der Waals surface area (Å²) in [5.74, 6) is -0.679. The third-order valence-electron chi connectivity index (χ3n) is 8.45. The number of piperazine rings is 1. The van der Waals surface area contributed by atoms with Crippen LogP contribution in [0.2, 0.25) is 0 Å². The molecule has 0 radical (unpaired) electrons. The molecule has 46 heavy (non-hydrogen) atoms. The number of H-pyrrole nitrogens is 1. The first kappa shape index (κ1) is 30.8. The van der Waals surface area contributed by atoms with Crippen molar-refractivity contribution in [3.8, 4) is 5.88 Å². The largest absolute Gasteiger partial charge is 0.471 e. The molecule has 0 unspecified atom stereocenters. The first-order valence-corrected chi connectivity index (χ1v) is 15.3. The normalized spacial score (nSPS) is 15.5. The van der Waals surface area contributed by atoms with Gasteiger partial charge in [0, 0.05) is 50.7 Å². The predicted molar refractivity (Wildman–Crippen MR) is 167 cm³/mol. The number of aromatic amines is 1. The number of fused-ring (bicyclic) bond motifs is 1. The lowest BCUT2D eigenvalue weighted by Gasteiger charge is -2.38. The van der Waals surface area contributed by atoms with Gasteiger partial charge < -0.3 is 24.2 Å². The van der Waals surface area contributed by atoms with E-state index >= 15 is 0 Å². The van der Waals surface area contributed by atoms with Crippen LogP contribution in [0.1, 0.15) is 34.3 Å². The Morgan fingerprint density at radius 1 is 0.783 bits per heavy atom. The monoisotopic (exact) mass is 627 g/mol. The number of hydrogen-bond acceptors (Lipinski definition) is 7. The minimum atomic E-state index is -0.513. The topological polar surface area (TPSA) is 125 Å². The molecule has 2 fully saturated rings. The van der Waals surface area contributed by atoms with Crippen LogP contribution in [0.4, 0.5) is 9.18 Å². The lowest BCUT2D eigenvalue weighted by Crippen LogP contribution is -2.53. The average Bonchev–Trinajstić information content (AvgIpc) is 3.10. The van der Waals surface area contributed by atoms with E-state index in [-0.39, 0.29) is 53.7 Å². The van der Waals surface area contributed by atoms with Crippen LogP contribution in [0.15, 0.2) is 77.6 Å². The molecule has 0 atom stereocenters. The van der Waals surface area contributed by atoms with Gasteiger partial charge in [-0.3, -0.25) is 14.4 Å². The Labute approximate surface area is 264 Å². The van der Waals surface area contributed by atoms with Crippen molar-refractivity contribution in [2.45, 2.75) is 26.1 Å². The van der Waals surface area contributed by atoms with Gasteiger partial charge in [0.15, 0.2) is 0 Å². The molecular weight excluding hydrogens is 593 g/mol. The van der Waals surface area contributed by atoms with Crippen molar-refractivity contribution in [2.24, 2.45) is 5.92 Å². The highest BCUT2D eigenvalue weighted by Crippen LogP contribution is 2.24. The molecule has 0 aliphatic carbocycles. The van der Waals surface area contributed by atoms with E-state index in [1.54, 1.807) is 34.1 Å². The Bertz CT molecular complexity index is 1780. The van der Waals surface area contributed by atoms with Gasteiger partial charge in [-0.05, 0) is 54.3 Å². The Balaban J connectivity index is 0.975. The van der Waals surface area contributed by atoms with Crippen molar-refractivity contribution in [2.75, 3.05) is 39.3 Å². The molecule has 0 bridgehead atoms. The minimum Gasteiger partial charge on any atom is -0.471 e. The third-order valence-corrected chi connectivity index (χ3v) is 8.45. The Morgan fingerprint density at radius 2 is 1.50 bits per heavy atom. The van der Waals surface area contributed by atoms with E-state index < -0.39 is 11.4 Å². The van der Waals surface area contributed by atoms with Crippen molar-refractivity contribution in [1.29, 1.82) is 0 Å². The predicted octanol–water partition coefficient (Wildman–Crippen LogP) is 3.97. The van der Waals surface area contributed by atoms with Gasteiger partial charge in [-0.15, -0.1) is 5.10 Å². The number of ether oxygens (including phenoxy) is 2. The van der Waals surface area contributed by atoms with Gasteiger partial charge in [-0.1, -0.05) is 42.5 Å². The summed E-state index contributed by atoms with van der Waals surface area (Å²) in [4.78, 5) is 56.3. The van der Waals surface area contributed by atoms with Crippen molar-refractivity contribution in [3.05, 3.63) is 106 Å². The highest BCUT2D eigenvalue weighted by Gasteiger charge is 2.33. The van der Waals surface area contributed by atoms with Gasteiger partial charge in [0.05, 0.1) is 10.8 Å². The SMILES string of the molecule is O=C(OCc1ccccc1)N1CCC(C(=O)N2CCN(C(=O)c3cccc(COc4n[nH]c(=O)c5ccc(F)cc45)c3)CC2)CC1. The van der Waals surface area contributed by atoms with Crippen LogP contribution in [-0.4, -0.2) is 82.1 Å².